The van der Waals surface area contributed by atoms with Crippen LogP contribution in [0, 0.1) is 5.82 Å². The summed E-state index contributed by atoms with van der Waals surface area (Å²) >= 11 is 0. The fraction of sp³-hybridized carbons (Fsp3) is 0.176. The number of hydrogen-bond donors (Lipinski definition) is 2. The Morgan fingerprint density at radius 2 is 1.82 bits per heavy atom. The first-order chi connectivity index (χ1) is 10.6. The van der Waals surface area contributed by atoms with Gasteiger partial charge in [0.15, 0.2) is 0 Å². The second-order valence-electron chi connectivity index (χ2n) is 5.35. The van der Waals surface area contributed by atoms with Gasteiger partial charge in [0.1, 0.15) is 11.6 Å². The van der Waals surface area contributed by atoms with Gasteiger partial charge in [0.05, 0.1) is 5.52 Å². The lowest BCUT2D eigenvalue weighted by molar-refractivity contribution is 0.628. The summed E-state index contributed by atoms with van der Waals surface area (Å²) in [5, 5.41) is 7.33. The highest BCUT2D eigenvalue weighted by atomic mass is 19.1. The van der Waals surface area contributed by atoms with Crippen LogP contribution in [0.2, 0.25) is 0 Å². The van der Waals surface area contributed by atoms with E-state index in [-0.39, 0.29) is 11.9 Å². The molecule has 22 heavy (non-hydrogen) atoms. The molecule has 2 aromatic carbocycles. The van der Waals surface area contributed by atoms with Gasteiger partial charge >= 0.3 is 0 Å². The van der Waals surface area contributed by atoms with E-state index in [1.165, 1.54) is 12.1 Å². The van der Waals surface area contributed by atoms with Gasteiger partial charge in [0.2, 0.25) is 5.95 Å². The van der Waals surface area contributed by atoms with Gasteiger partial charge in [-0.1, -0.05) is 18.2 Å². The normalized spacial score (nSPS) is 10.9. The molecule has 5 heteroatoms. The van der Waals surface area contributed by atoms with Crippen molar-refractivity contribution in [3.05, 3.63) is 54.3 Å². The lowest BCUT2D eigenvalue weighted by Crippen LogP contribution is -2.12. The number of benzene rings is 2. The van der Waals surface area contributed by atoms with E-state index in [1.54, 1.807) is 12.1 Å². The highest BCUT2D eigenvalue weighted by Crippen LogP contribution is 2.24. The molecule has 0 bridgehead atoms. The molecule has 0 radical (unpaired) electrons. The minimum Gasteiger partial charge on any atom is -0.367 e. The van der Waals surface area contributed by atoms with Gasteiger partial charge < -0.3 is 10.6 Å². The molecule has 0 amide bonds. The number of fused-ring (bicyclic) bond motifs is 1. The Hall–Kier alpha value is -2.69. The number of hydrogen-bond acceptors (Lipinski definition) is 4. The van der Waals surface area contributed by atoms with E-state index in [2.05, 4.69) is 34.4 Å². The van der Waals surface area contributed by atoms with Crippen molar-refractivity contribution in [1.29, 1.82) is 0 Å². The fourth-order valence-corrected chi connectivity index (χ4v) is 2.21. The number of rotatable bonds is 4. The summed E-state index contributed by atoms with van der Waals surface area (Å²) in [4.78, 5) is 8.99. The third-order valence-electron chi connectivity index (χ3n) is 3.11. The summed E-state index contributed by atoms with van der Waals surface area (Å²) < 4.78 is 13.3. The van der Waals surface area contributed by atoms with Crippen LogP contribution in [0.3, 0.4) is 0 Å². The van der Waals surface area contributed by atoms with Gasteiger partial charge in [-0.15, -0.1) is 0 Å². The van der Waals surface area contributed by atoms with Crippen LogP contribution in [0.25, 0.3) is 10.9 Å². The zero-order valence-corrected chi connectivity index (χ0v) is 12.5. The number of anilines is 3. The first-order valence-electron chi connectivity index (χ1n) is 7.18. The molecular weight excluding hydrogens is 279 g/mol. The molecule has 0 aliphatic carbocycles. The second-order valence-corrected chi connectivity index (χ2v) is 5.35. The molecule has 1 heterocycles. The highest BCUT2D eigenvalue weighted by Gasteiger charge is 2.08. The Bertz CT molecular complexity index is 802. The van der Waals surface area contributed by atoms with E-state index in [0.29, 0.717) is 11.6 Å². The van der Waals surface area contributed by atoms with Crippen molar-refractivity contribution in [2.45, 2.75) is 19.9 Å². The van der Waals surface area contributed by atoms with Gasteiger partial charge in [0.25, 0.3) is 0 Å². The van der Waals surface area contributed by atoms with Gasteiger partial charge in [-0.2, -0.15) is 4.98 Å². The smallest absolute Gasteiger partial charge is 0.229 e. The van der Waals surface area contributed by atoms with E-state index in [0.717, 1.165) is 16.7 Å². The summed E-state index contributed by atoms with van der Waals surface area (Å²) in [7, 11) is 0. The van der Waals surface area contributed by atoms with E-state index >= 15 is 0 Å². The Balaban J connectivity index is 2.02. The number of para-hydroxylation sites is 1. The summed E-state index contributed by atoms with van der Waals surface area (Å²) in [6.07, 6.45) is 0. The standard InChI is InChI=1S/C17H17FN4/c1-11(2)19-16-14-8-3-4-9-15(14)21-17(22-16)20-13-7-5-6-12(18)10-13/h3-11H,1-2H3,(H2,19,20,21,22). The van der Waals surface area contributed by atoms with Gasteiger partial charge in [-0.25, -0.2) is 9.37 Å². The Kier molecular flexibility index (Phi) is 3.87. The van der Waals surface area contributed by atoms with Crippen LogP contribution in [0.15, 0.2) is 48.5 Å². The zero-order chi connectivity index (χ0) is 15.5. The van der Waals surface area contributed by atoms with Crippen molar-refractivity contribution in [1.82, 2.24) is 9.97 Å². The molecule has 0 saturated carbocycles. The lowest BCUT2D eigenvalue weighted by atomic mass is 10.2. The van der Waals surface area contributed by atoms with Crippen molar-refractivity contribution in [2.75, 3.05) is 10.6 Å². The van der Waals surface area contributed by atoms with Crippen molar-refractivity contribution >= 4 is 28.4 Å². The maximum Gasteiger partial charge on any atom is 0.229 e. The van der Waals surface area contributed by atoms with E-state index in [9.17, 15) is 4.39 Å². The minimum absolute atomic E-state index is 0.250. The van der Waals surface area contributed by atoms with Crippen LogP contribution >= 0.6 is 0 Å². The predicted octanol–water partition coefficient (Wildman–Crippen LogP) is 4.33. The molecule has 3 aromatic rings. The molecule has 112 valence electrons. The number of nitrogens with one attached hydrogen (secondary N) is 2. The third kappa shape index (κ3) is 3.14. The molecule has 0 spiro atoms. The number of aromatic nitrogens is 2. The lowest BCUT2D eigenvalue weighted by Gasteiger charge is -2.13. The largest absolute Gasteiger partial charge is 0.367 e. The first-order valence-corrected chi connectivity index (χ1v) is 7.18. The monoisotopic (exact) mass is 296 g/mol. The highest BCUT2D eigenvalue weighted by molar-refractivity contribution is 5.90. The summed E-state index contributed by atoms with van der Waals surface area (Å²) in [5.41, 5.74) is 1.45. The Morgan fingerprint density at radius 3 is 2.59 bits per heavy atom. The van der Waals surface area contributed by atoms with Crippen LogP contribution in [0.1, 0.15) is 13.8 Å². The molecule has 0 aliphatic rings. The summed E-state index contributed by atoms with van der Waals surface area (Å²) in [5.74, 6) is 0.901. The van der Waals surface area contributed by atoms with E-state index < -0.39 is 0 Å². The van der Waals surface area contributed by atoms with Crippen LogP contribution in [-0.4, -0.2) is 16.0 Å². The van der Waals surface area contributed by atoms with Crippen molar-refractivity contribution in [3.63, 3.8) is 0 Å². The SMILES string of the molecule is CC(C)Nc1nc(Nc2cccc(F)c2)nc2ccccc12. The van der Waals surface area contributed by atoms with E-state index in [1.807, 2.05) is 24.3 Å². The maximum absolute atomic E-state index is 13.3. The van der Waals surface area contributed by atoms with Crippen LogP contribution in [0.5, 0.6) is 0 Å². The average Bonchev–Trinajstić information content (AvgIpc) is 2.46. The van der Waals surface area contributed by atoms with Crippen LogP contribution in [-0.2, 0) is 0 Å². The quantitative estimate of drug-likeness (QED) is 0.752. The molecule has 0 aliphatic heterocycles. The maximum atomic E-state index is 13.3. The molecule has 0 unspecified atom stereocenters. The second kappa shape index (κ2) is 5.97. The molecule has 1 aromatic heterocycles. The Labute approximate surface area is 128 Å². The molecule has 4 nitrogen and oxygen atoms in total. The minimum atomic E-state index is -0.300. The van der Waals surface area contributed by atoms with Gasteiger partial charge in [-0.3, -0.25) is 0 Å². The molecule has 0 saturated heterocycles. The first kappa shape index (κ1) is 14.3. The summed E-state index contributed by atoms with van der Waals surface area (Å²) in [6, 6.07) is 14.3. The Morgan fingerprint density at radius 1 is 1.00 bits per heavy atom. The number of halogens is 1. The van der Waals surface area contributed by atoms with E-state index in [4.69, 9.17) is 0 Å². The average molecular weight is 296 g/mol. The zero-order valence-electron chi connectivity index (χ0n) is 12.5. The van der Waals surface area contributed by atoms with Gasteiger partial charge in [0, 0.05) is 17.1 Å². The molecule has 0 fully saturated rings. The molecular formula is C17H17FN4. The van der Waals surface area contributed by atoms with Crippen LogP contribution in [0.4, 0.5) is 21.8 Å². The summed E-state index contributed by atoms with van der Waals surface area (Å²) in [6.45, 7) is 4.10. The fourth-order valence-electron chi connectivity index (χ4n) is 2.21. The van der Waals surface area contributed by atoms with Crippen molar-refractivity contribution in [3.8, 4) is 0 Å². The topological polar surface area (TPSA) is 49.8 Å². The van der Waals surface area contributed by atoms with Crippen molar-refractivity contribution in [2.24, 2.45) is 0 Å². The van der Waals surface area contributed by atoms with Gasteiger partial charge in [-0.05, 0) is 44.2 Å². The van der Waals surface area contributed by atoms with Crippen molar-refractivity contribution < 1.29 is 4.39 Å². The molecule has 2 N–H and O–H groups in total. The third-order valence-corrected chi connectivity index (χ3v) is 3.11. The predicted molar refractivity (Wildman–Crippen MR) is 88.0 cm³/mol. The number of nitrogens with zero attached hydrogens (tertiary/aromatic N) is 2. The molecule has 0 atom stereocenters. The molecule has 3 rings (SSSR count). The van der Waals surface area contributed by atoms with Crippen LogP contribution < -0.4 is 10.6 Å².